The van der Waals surface area contributed by atoms with E-state index in [4.69, 9.17) is 4.74 Å². The highest BCUT2D eigenvalue weighted by atomic mass is 79.9. The predicted molar refractivity (Wildman–Crippen MR) is 81.8 cm³/mol. The first kappa shape index (κ1) is 14.9. The van der Waals surface area contributed by atoms with Crippen molar-refractivity contribution in [1.82, 2.24) is 18.7 Å². The van der Waals surface area contributed by atoms with Crippen LogP contribution in [0.25, 0.3) is 11.2 Å². The molecule has 116 valence electrons. The van der Waals surface area contributed by atoms with Crippen molar-refractivity contribution in [2.45, 2.75) is 19.3 Å². The summed E-state index contributed by atoms with van der Waals surface area (Å²) < 4.78 is 9.68. The molecule has 0 aliphatic carbocycles. The van der Waals surface area contributed by atoms with Crippen LogP contribution in [0.2, 0.25) is 0 Å². The van der Waals surface area contributed by atoms with Crippen LogP contribution in [-0.4, -0.2) is 30.6 Å². The number of hydrogen-bond acceptors (Lipinski definition) is 5. The minimum Gasteiger partial charge on any atom is -0.343 e. The van der Waals surface area contributed by atoms with Crippen molar-refractivity contribution in [3.8, 4) is 0 Å². The quantitative estimate of drug-likeness (QED) is 0.717. The molecule has 3 heterocycles. The third kappa shape index (κ3) is 2.00. The van der Waals surface area contributed by atoms with Crippen LogP contribution in [-0.2, 0) is 23.6 Å². The normalized spacial score (nSPS) is 22.2. The van der Waals surface area contributed by atoms with E-state index in [1.54, 1.807) is 13.0 Å². The molecule has 2 aromatic heterocycles. The summed E-state index contributed by atoms with van der Waals surface area (Å²) >= 11 is 3.21. The molecule has 1 aliphatic heterocycles. The molecule has 0 aromatic carbocycles. The number of aromatic nitrogens is 4. The fourth-order valence-corrected chi connectivity index (χ4v) is 3.04. The summed E-state index contributed by atoms with van der Waals surface area (Å²) in [6.45, 7) is 1.79. The molecule has 2 atom stereocenters. The zero-order valence-electron chi connectivity index (χ0n) is 12.1. The monoisotopic (exact) mass is 368 g/mol. The van der Waals surface area contributed by atoms with E-state index in [2.05, 4.69) is 20.9 Å². The fraction of sp³-hybridized carbons (Fsp3) is 0.385. The maximum Gasteiger partial charge on any atom is 0.332 e. The molecule has 0 spiro atoms. The molecule has 0 amide bonds. The highest BCUT2D eigenvalue weighted by Gasteiger charge is 2.32. The summed E-state index contributed by atoms with van der Waals surface area (Å²) in [6, 6.07) is 0. The molecule has 0 N–H and O–H groups in total. The second-order valence-corrected chi connectivity index (χ2v) is 5.96. The third-order valence-corrected chi connectivity index (χ3v) is 4.26. The van der Waals surface area contributed by atoms with E-state index in [-0.39, 0.29) is 23.1 Å². The van der Waals surface area contributed by atoms with E-state index < -0.39 is 17.5 Å². The van der Waals surface area contributed by atoms with Gasteiger partial charge in [0, 0.05) is 14.1 Å². The van der Waals surface area contributed by atoms with Crippen molar-refractivity contribution in [1.29, 1.82) is 0 Å². The van der Waals surface area contributed by atoms with Crippen molar-refractivity contribution in [3.63, 3.8) is 0 Å². The molecule has 0 radical (unpaired) electrons. The van der Waals surface area contributed by atoms with E-state index in [1.807, 2.05) is 0 Å². The van der Waals surface area contributed by atoms with Gasteiger partial charge in [0.25, 0.3) is 5.56 Å². The lowest BCUT2D eigenvalue weighted by Gasteiger charge is -2.25. The second kappa shape index (κ2) is 5.03. The summed E-state index contributed by atoms with van der Waals surface area (Å²) in [5, 5.41) is 0. The number of aryl methyl sites for hydroxylation is 1. The Kier molecular flexibility index (Phi) is 3.41. The Morgan fingerprint density at radius 3 is 2.59 bits per heavy atom. The van der Waals surface area contributed by atoms with Gasteiger partial charge in [-0.3, -0.25) is 23.3 Å². The predicted octanol–water partition coefficient (Wildman–Crippen LogP) is 0.199. The van der Waals surface area contributed by atoms with Crippen LogP contribution in [0.4, 0.5) is 0 Å². The smallest absolute Gasteiger partial charge is 0.332 e. The first-order chi connectivity index (χ1) is 10.3. The van der Waals surface area contributed by atoms with Crippen molar-refractivity contribution >= 4 is 32.9 Å². The zero-order chi connectivity index (χ0) is 16.2. The lowest BCUT2D eigenvalue weighted by molar-refractivity contribution is -0.136. The van der Waals surface area contributed by atoms with Gasteiger partial charge in [-0.15, -0.1) is 0 Å². The summed E-state index contributed by atoms with van der Waals surface area (Å²) in [5.74, 6) is -0.300. The Hall–Kier alpha value is -2.00. The number of hydrogen-bond donors (Lipinski definition) is 0. The summed E-state index contributed by atoms with van der Waals surface area (Å²) in [7, 11) is 2.90. The Morgan fingerprint density at radius 1 is 1.23 bits per heavy atom. The Morgan fingerprint density at radius 2 is 1.91 bits per heavy atom. The van der Waals surface area contributed by atoms with Gasteiger partial charge in [0.15, 0.2) is 11.2 Å². The van der Waals surface area contributed by atoms with Crippen LogP contribution < -0.4 is 11.2 Å². The lowest BCUT2D eigenvalue weighted by atomic mass is 10.2. The molecular formula is C13H13BrN4O4. The van der Waals surface area contributed by atoms with Gasteiger partial charge in [0.2, 0.25) is 12.0 Å². The summed E-state index contributed by atoms with van der Waals surface area (Å²) in [4.78, 5) is 40.6. The van der Waals surface area contributed by atoms with Crippen LogP contribution in [0.15, 0.2) is 26.5 Å². The molecule has 1 aliphatic rings. The highest BCUT2D eigenvalue weighted by molar-refractivity contribution is 9.12. The van der Waals surface area contributed by atoms with Crippen molar-refractivity contribution in [2.24, 2.45) is 14.1 Å². The first-order valence-electron chi connectivity index (χ1n) is 6.52. The Balaban J connectivity index is 2.30. The standard InChI is InChI=1S/C13H13BrN4O4/c1-6-4-7(14)9(19)12(22-6)18-5-15-8-10(18)16(2)13(21)17(3)11(8)20/h4-6,12H,1-3H3/t6-,12+/m1/s1. The van der Waals surface area contributed by atoms with Gasteiger partial charge < -0.3 is 4.74 Å². The van der Waals surface area contributed by atoms with Crippen LogP contribution in [0.1, 0.15) is 13.2 Å². The van der Waals surface area contributed by atoms with Crippen LogP contribution in [0, 0.1) is 0 Å². The number of imidazole rings is 1. The summed E-state index contributed by atoms with van der Waals surface area (Å²) in [6.07, 6.45) is 1.72. The van der Waals surface area contributed by atoms with Gasteiger partial charge in [0.1, 0.15) is 0 Å². The van der Waals surface area contributed by atoms with Crippen LogP contribution in [0.3, 0.4) is 0 Å². The van der Waals surface area contributed by atoms with E-state index in [1.165, 1.54) is 29.6 Å². The average Bonchev–Trinajstić information content (AvgIpc) is 2.91. The van der Waals surface area contributed by atoms with Crippen LogP contribution >= 0.6 is 15.9 Å². The molecular weight excluding hydrogens is 356 g/mol. The second-order valence-electron chi connectivity index (χ2n) is 5.10. The molecule has 0 bridgehead atoms. The molecule has 9 heteroatoms. The lowest BCUT2D eigenvalue weighted by Crippen LogP contribution is -2.38. The van der Waals surface area contributed by atoms with Crippen molar-refractivity contribution in [2.75, 3.05) is 0 Å². The topological polar surface area (TPSA) is 88.1 Å². The fourth-order valence-electron chi connectivity index (χ4n) is 2.47. The highest BCUT2D eigenvalue weighted by Crippen LogP contribution is 2.28. The number of carbonyl (C=O) groups excluding carboxylic acids is 1. The van der Waals surface area contributed by atoms with Gasteiger partial charge in [-0.1, -0.05) is 0 Å². The molecule has 3 rings (SSSR count). The van der Waals surface area contributed by atoms with Gasteiger partial charge in [0.05, 0.1) is 16.9 Å². The third-order valence-electron chi connectivity index (χ3n) is 3.60. The van der Waals surface area contributed by atoms with Gasteiger partial charge in [-0.2, -0.15) is 0 Å². The number of fused-ring (bicyclic) bond motifs is 1. The molecule has 22 heavy (non-hydrogen) atoms. The Labute approximate surface area is 132 Å². The maximum atomic E-state index is 12.3. The molecule has 0 unspecified atom stereocenters. The molecule has 0 saturated carbocycles. The SMILES string of the molecule is C[C@@H]1C=C(Br)C(=O)[C@@H](n2cnc3c(=O)n(C)c(=O)n(C)c32)O1. The van der Waals surface area contributed by atoms with E-state index >= 15 is 0 Å². The number of rotatable bonds is 1. The van der Waals surface area contributed by atoms with E-state index in [0.29, 0.717) is 4.48 Å². The van der Waals surface area contributed by atoms with E-state index in [9.17, 15) is 14.4 Å². The number of Topliss-reactive ketones (excluding diaryl/α,β-unsaturated/α-hetero) is 1. The summed E-state index contributed by atoms with van der Waals surface area (Å²) in [5.41, 5.74) is -0.645. The van der Waals surface area contributed by atoms with Crippen molar-refractivity contribution in [3.05, 3.63) is 37.7 Å². The molecule has 2 aromatic rings. The zero-order valence-corrected chi connectivity index (χ0v) is 13.7. The van der Waals surface area contributed by atoms with Crippen molar-refractivity contribution < 1.29 is 9.53 Å². The average molecular weight is 369 g/mol. The number of nitrogens with zero attached hydrogens (tertiary/aromatic N) is 4. The maximum absolute atomic E-state index is 12.3. The largest absolute Gasteiger partial charge is 0.343 e. The molecule has 0 fully saturated rings. The number of carbonyl (C=O) groups is 1. The Bertz CT molecular complexity index is 936. The number of halogens is 1. The molecule has 8 nitrogen and oxygen atoms in total. The molecule has 0 saturated heterocycles. The van der Waals surface area contributed by atoms with Gasteiger partial charge in [-0.25, -0.2) is 9.78 Å². The number of ketones is 1. The van der Waals surface area contributed by atoms with Gasteiger partial charge in [-0.05, 0) is 28.9 Å². The first-order valence-corrected chi connectivity index (χ1v) is 7.31. The van der Waals surface area contributed by atoms with Gasteiger partial charge >= 0.3 is 5.69 Å². The minimum atomic E-state index is -0.975. The van der Waals surface area contributed by atoms with Crippen LogP contribution in [0.5, 0.6) is 0 Å². The minimum absolute atomic E-state index is 0.110. The number of ether oxygens (including phenoxy) is 1. The van der Waals surface area contributed by atoms with E-state index in [0.717, 1.165) is 4.57 Å².